The average molecular weight is 247 g/mol. The molecule has 1 amide bonds. The molecule has 0 atom stereocenters. The van der Waals surface area contributed by atoms with Crippen molar-refractivity contribution in [3.63, 3.8) is 0 Å². The van der Waals surface area contributed by atoms with Crippen molar-refractivity contribution in [3.8, 4) is 0 Å². The van der Waals surface area contributed by atoms with Crippen LogP contribution in [-0.2, 0) is 0 Å². The number of hydrogen-bond acceptors (Lipinski definition) is 3. The first kappa shape index (κ1) is 12.4. The average Bonchev–Trinajstić information content (AvgIpc) is 2.35. The van der Waals surface area contributed by atoms with Crippen molar-refractivity contribution in [1.82, 2.24) is 4.90 Å². The highest BCUT2D eigenvalue weighted by atomic mass is 16.4. The van der Waals surface area contributed by atoms with Gasteiger partial charge in [0.1, 0.15) is 0 Å². The summed E-state index contributed by atoms with van der Waals surface area (Å²) >= 11 is 0. The summed E-state index contributed by atoms with van der Waals surface area (Å²) in [5, 5.41) is 11.5. The second-order valence-corrected chi connectivity index (χ2v) is 4.56. The van der Waals surface area contributed by atoms with Crippen LogP contribution in [0.25, 0.3) is 0 Å². The number of benzene rings is 1. The Kier molecular flexibility index (Phi) is 3.50. The van der Waals surface area contributed by atoms with Crippen LogP contribution in [0.4, 0.5) is 0 Å². The van der Waals surface area contributed by atoms with Gasteiger partial charge in [-0.1, -0.05) is 17.3 Å². The largest absolute Gasteiger partial charge is 0.409 e. The third-order valence-electron chi connectivity index (χ3n) is 3.48. The summed E-state index contributed by atoms with van der Waals surface area (Å²) in [5.74, 6) is 0.0621. The highest BCUT2D eigenvalue weighted by molar-refractivity contribution is 5.99. The van der Waals surface area contributed by atoms with E-state index in [9.17, 15) is 4.79 Å². The number of oxime groups is 1. The molecule has 0 heterocycles. The van der Waals surface area contributed by atoms with Gasteiger partial charge >= 0.3 is 0 Å². The summed E-state index contributed by atoms with van der Waals surface area (Å²) in [7, 11) is 1.84. The van der Waals surface area contributed by atoms with Crippen LogP contribution >= 0.6 is 0 Å². The molecular weight excluding hydrogens is 230 g/mol. The SMILES string of the molecule is CN(C(=O)c1ccc(/C(N)=N/O)cc1)C1CCC1. The van der Waals surface area contributed by atoms with Crippen molar-refractivity contribution in [2.75, 3.05) is 7.05 Å². The summed E-state index contributed by atoms with van der Waals surface area (Å²) < 4.78 is 0. The van der Waals surface area contributed by atoms with E-state index in [1.54, 1.807) is 29.2 Å². The van der Waals surface area contributed by atoms with Crippen LogP contribution in [0.1, 0.15) is 35.2 Å². The smallest absolute Gasteiger partial charge is 0.253 e. The molecule has 1 aromatic carbocycles. The Morgan fingerprint density at radius 1 is 1.33 bits per heavy atom. The zero-order chi connectivity index (χ0) is 13.1. The number of carbonyl (C=O) groups is 1. The zero-order valence-electron chi connectivity index (χ0n) is 10.3. The van der Waals surface area contributed by atoms with E-state index in [0.717, 1.165) is 12.8 Å². The van der Waals surface area contributed by atoms with Crippen LogP contribution in [0.2, 0.25) is 0 Å². The van der Waals surface area contributed by atoms with Gasteiger partial charge in [-0.3, -0.25) is 4.79 Å². The Labute approximate surface area is 106 Å². The van der Waals surface area contributed by atoms with Crippen LogP contribution in [0.5, 0.6) is 0 Å². The van der Waals surface area contributed by atoms with Crippen molar-refractivity contribution in [1.29, 1.82) is 0 Å². The van der Waals surface area contributed by atoms with Gasteiger partial charge in [-0.25, -0.2) is 0 Å². The Morgan fingerprint density at radius 3 is 2.33 bits per heavy atom. The summed E-state index contributed by atoms with van der Waals surface area (Å²) in [6, 6.07) is 7.13. The molecule has 1 aromatic rings. The summed E-state index contributed by atoms with van der Waals surface area (Å²) in [5.41, 5.74) is 6.69. The number of nitrogens with two attached hydrogens (primary N) is 1. The fraction of sp³-hybridized carbons (Fsp3) is 0.385. The molecular formula is C13H17N3O2. The van der Waals surface area contributed by atoms with Crippen molar-refractivity contribution < 1.29 is 10.0 Å². The minimum Gasteiger partial charge on any atom is -0.409 e. The molecule has 0 radical (unpaired) electrons. The molecule has 0 aromatic heterocycles. The lowest BCUT2D eigenvalue weighted by Crippen LogP contribution is -2.41. The van der Waals surface area contributed by atoms with Gasteiger partial charge in [-0.15, -0.1) is 0 Å². The lowest BCUT2D eigenvalue weighted by Gasteiger charge is -2.34. The van der Waals surface area contributed by atoms with E-state index >= 15 is 0 Å². The minimum absolute atomic E-state index is 0.0192. The predicted molar refractivity (Wildman–Crippen MR) is 68.7 cm³/mol. The van der Waals surface area contributed by atoms with Crippen molar-refractivity contribution in [3.05, 3.63) is 35.4 Å². The molecule has 0 saturated heterocycles. The highest BCUT2D eigenvalue weighted by Gasteiger charge is 2.26. The quantitative estimate of drug-likeness (QED) is 0.367. The van der Waals surface area contributed by atoms with Gasteiger partial charge in [0.2, 0.25) is 0 Å². The number of amides is 1. The fourth-order valence-electron chi connectivity index (χ4n) is 1.98. The fourth-order valence-corrected chi connectivity index (χ4v) is 1.98. The van der Waals surface area contributed by atoms with Gasteiger partial charge in [0.15, 0.2) is 5.84 Å². The standard InChI is InChI=1S/C13H17N3O2/c1-16(11-3-2-4-11)13(17)10-7-5-9(6-8-10)12(14)15-18/h5-8,11,18H,2-4H2,1H3,(H2,14,15). The number of carbonyl (C=O) groups excluding carboxylic acids is 1. The number of hydrogen-bond donors (Lipinski definition) is 2. The van der Waals surface area contributed by atoms with Crippen LogP contribution in [0.15, 0.2) is 29.4 Å². The molecule has 1 aliphatic carbocycles. The zero-order valence-corrected chi connectivity index (χ0v) is 10.3. The van der Waals surface area contributed by atoms with Crippen molar-refractivity contribution >= 4 is 11.7 Å². The number of rotatable bonds is 3. The maximum absolute atomic E-state index is 12.1. The van der Waals surface area contributed by atoms with Gasteiger partial charge in [-0.2, -0.15) is 0 Å². The molecule has 1 saturated carbocycles. The predicted octanol–water partition coefficient (Wildman–Crippen LogP) is 1.41. The van der Waals surface area contributed by atoms with Gasteiger partial charge < -0.3 is 15.8 Å². The van der Waals surface area contributed by atoms with Crippen LogP contribution in [0, 0.1) is 0 Å². The van der Waals surface area contributed by atoms with Gasteiger partial charge in [-0.05, 0) is 31.4 Å². The third kappa shape index (κ3) is 2.30. The molecule has 0 unspecified atom stereocenters. The van der Waals surface area contributed by atoms with Crippen molar-refractivity contribution in [2.45, 2.75) is 25.3 Å². The summed E-state index contributed by atoms with van der Waals surface area (Å²) in [4.78, 5) is 13.9. The molecule has 3 N–H and O–H groups in total. The second-order valence-electron chi connectivity index (χ2n) is 4.56. The van der Waals surface area contributed by atoms with E-state index in [0.29, 0.717) is 17.2 Å². The van der Waals surface area contributed by atoms with Gasteiger partial charge in [0, 0.05) is 24.2 Å². The summed E-state index contributed by atoms with van der Waals surface area (Å²) in [6.07, 6.45) is 3.37. The van der Waals surface area contributed by atoms with Gasteiger partial charge in [0.05, 0.1) is 0 Å². The highest BCUT2D eigenvalue weighted by Crippen LogP contribution is 2.24. The van der Waals surface area contributed by atoms with Gasteiger partial charge in [0.25, 0.3) is 5.91 Å². The Bertz CT molecular complexity index is 464. The van der Waals surface area contributed by atoms with Crippen LogP contribution in [-0.4, -0.2) is 34.9 Å². The first-order chi connectivity index (χ1) is 8.63. The molecule has 5 nitrogen and oxygen atoms in total. The monoisotopic (exact) mass is 247 g/mol. The number of amidine groups is 1. The van der Waals surface area contributed by atoms with Crippen LogP contribution in [0.3, 0.4) is 0 Å². The summed E-state index contributed by atoms with van der Waals surface area (Å²) in [6.45, 7) is 0. The van der Waals surface area contributed by atoms with E-state index < -0.39 is 0 Å². The van der Waals surface area contributed by atoms with Crippen LogP contribution < -0.4 is 5.73 Å². The maximum Gasteiger partial charge on any atom is 0.253 e. The number of nitrogens with zero attached hydrogens (tertiary/aromatic N) is 2. The van der Waals surface area contributed by atoms with E-state index in [2.05, 4.69) is 5.16 Å². The van der Waals surface area contributed by atoms with Crippen molar-refractivity contribution in [2.24, 2.45) is 10.9 Å². The van der Waals surface area contributed by atoms with E-state index in [4.69, 9.17) is 10.9 Å². The van der Waals surface area contributed by atoms with E-state index in [1.807, 2.05) is 7.05 Å². The first-order valence-corrected chi connectivity index (χ1v) is 5.98. The molecule has 0 spiro atoms. The second kappa shape index (κ2) is 5.08. The molecule has 0 aliphatic heterocycles. The normalized spacial score (nSPS) is 16.2. The molecule has 5 heteroatoms. The van der Waals surface area contributed by atoms with E-state index in [1.165, 1.54) is 6.42 Å². The lowest BCUT2D eigenvalue weighted by atomic mass is 9.91. The van der Waals surface area contributed by atoms with E-state index in [-0.39, 0.29) is 11.7 Å². The molecule has 0 bridgehead atoms. The topological polar surface area (TPSA) is 78.9 Å². The molecule has 1 fully saturated rings. The molecule has 2 rings (SSSR count). The molecule has 1 aliphatic rings. The molecule has 96 valence electrons. The minimum atomic E-state index is 0.0192. The first-order valence-electron chi connectivity index (χ1n) is 5.98. The Balaban J connectivity index is 2.11. The molecule has 18 heavy (non-hydrogen) atoms. The Hall–Kier alpha value is -2.04. The maximum atomic E-state index is 12.1. The Morgan fingerprint density at radius 2 is 1.89 bits per heavy atom. The lowest BCUT2D eigenvalue weighted by molar-refractivity contribution is 0.0652. The third-order valence-corrected chi connectivity index (χ3v) is 3.48.